The molecule has 0 amide bonds. The van der Waals surface area contributed by atoms with Gasteiger partial charge in [0.15, 0.2) is 5.78 Å². The van der Waals surface area contributed by atoms with Crippen LogP contribution in [0.25, 0.3) is 10.9 Å². The predicted octanol–water partition coefficient (Wildman–Crippen LogP) is 5.00. The molecule has 0 fully saturated rings. The van der Waals surface area contributed by atoms with E-state index in [2.05, 4.69) is 10.3 Å². The molecule has 3 rings (SSSR count). The quantitative estimate of drug-likeness (QED) is 0.513. The van der Waals surface area contributed by atoms with Crippen molar-refractivity contribution in [1.29, 1.82) is 0 Å². The van der Waals surface area contributed by atoms with Crippen LogP contribution in [0.1, 0.15) is 27.3 Å². The maximum absolute atomic E-state index is 13.7. The second-order valence-corrected chi connectivity index (χ2v) is 6.41. The Morgan fingerprint density at radius 3 is 2.62 bits per heavy atom. The van der Waals surface area contributed by atoms with E-state index in [0.29, 0.717) is 15.9 Å². The molecule has 3 N–H and O–H groups in total. The van der Waals surface area contributed by atoms with Crippen molar-refractivity contribution < 1.29 is 19.1 Å². The molecule has 5 nitrogen and oxygen atoms in total. The number of carbonyl (C=O) groups is 2. The molecule has 2 aromatic carbocycles. The van der Waals surface area contributed by atoms with E-state index in [1.807, 2.05) is 0 Å². The van der Waals surface area contributed by atoms with Gasteiger partial charge in [0, 0.05) is 23.4 Å². The summed E-state index contributed by atoms with van der Waals surface area (Å²) in [5, 5.41) is 13.4. The lowest BCUT2D eigenvalue weighted by Gasteiger charge is -2.08. The number of benzene rings is 2. The zero-order chi connectivity index (χ0) is 18.8. The van der Waals surface area contributed by atoms with E-state index >= 15 is 0 Å². The number of rotatable bonds is 6. The van der Waals surface area contributed by atoms with Crippen molar-refractivity contribution in [3.05, 3.63) is 63.5 Å². The third-order valence-electron chi connectivity index (χ3n) is 3.86. The topological polar surface area (TPSA) is 82.2 Å². The van der Waals surface area contributed by atoms with Gasteiger partial charge in [-0.05, 0) is 24.3 Å². The number of anilines is 1. The van der Waals surface area contributed by atoms with Crippen LogP contribution in [0, 0.1) is 5.82 Å². The lowest BCUT2D eigenvalue weighted by molar-refractivity contribution is 0.0692. The van der Waals surface area contributed by atoms with E-state index in [1.165, 1.54) is 24.3 Å². The van der Waals surface area contributed by atoms with Gasteiger partial charge in [0.1, 0.15) is 11.5 Å². The minimum Gasteiger partial charge on any atom is -0.477 e. The summed E-state index contributed by atoms with van der Waals surface area (Å²) < 4.78 is 13.7. The highest BCUT2D eigenvalue weighted by molar-refractivity contribution is 6.40. The molecule has 0 aliphatic rings. The molecule has 0 spiro atoms. The van der Waals surface area contributed by atoms with Crippen LogP contribution in [-0.2, 0) is 0 Å². The summed E-state index contributed by atoms with van der Waals surface area (Å²) in [5.41, 5.74) is 0.623. The molecule has 0 saturated carbocycles. The summed E-state index contributed by atoms with van der Waals surface area (Å²) in [4.78, 5) is 26.4. The molecule has 8 heteroatoms. The van der Waals surface area contributed by atoms with E-state index in [9.17, 15) is 19.1 Å². The van der Waals surface area contributed by atoms with Crippen LogP contribution in [0.2, 0.25) is 10.0 Å². The van der Waals surface area contributed by atoms with Gasteiger partial charge < -0.3 is 15.4 Å². The number of carboxylic acids is 1. The number of aromatic amines is 1. The highest BCUT2D eigenvalue weighted by atomic mass is 35.5. The number of Topliss-reactive ketones (excluding diaryl/α,β-unsaturated/α-hetero) is 1. The van der Waals surface area contributed by atoms with Gasteiger partial charge in [-0.25, -0.2) is 9.18 Å². The monoisotopic (exact) mass is 394 g/mol. The second kappa shape index (κ2) is 7.35. The third-order valence-corrected chi connectivity index (χ3v) is 4.37. The number of fused-ring (bicyclic) bond motifs is 1. The Labute approximate surface area is 157 Å². The number of carbonyl (C=O) groups excluding carboxylic acids is 1. The highest BCUT2D eigenvalue weighted by Gasteiger charge is 2.20. The van der Waals surface area contributed by atoms with Crippen LogP contribution in [0.4, 0.5) is 10.1 Å². The van der Waals surface area contributed by atoms with Gasteiger partial charge in [-0.15, -0.1) is 0 Å². The molecule has 0 aliphatic heterocycles. The number of aromatic carboxylic acids is 1. The van der Waals surface area contributed by atoms with Crippen LogP contribution in [0.3, 0.4) is 0 Å². The number of hydrogen-bond donors (Lipinski definition) is 3. The Balaban J connectivity index is 1.84. The molecule has 1 heterocycles. The Kier molecular flexibility index (Phi) is 5.15. The van der Waals surface area contributed by atoms with Crippen LogP contribution >= 0.6 is 23.2 Å². The fourth-order valence-corrected chi connectivity index (χ4v) is 3.30. The summed E-state index contributed by atoms with van der Waals surface area (Å²) >= 11 is 12.1. The van der Waals surface area contributed by atoms with Crippen LogP contribution in [-0.4, -0.2) is 28.4 Å². The molecule has 0 bridgehead atoms. The number of aromatic nitrogens is 1. The van der Waals surface area contributed by atoms with Crippen molar-refractivity contribution in [1.82, 2.24) is 4.98 Å². The zero-order valence-electron chi connectivity index (χ0n) is 13.3. The van der Waals surface area contributed by atoms with E-state index in [4.69, 9.17) is 23.2 Å². The summed E-state index contributed by atoms with van der Waals surface area (Å²) in [5.74, 6) is -2.16. The van der Waals surface area contributed by atoms with Gasteiger partial charge in [-0.2, -0.15) is 0 Å². The normalized spacial score (nSPS) is 10.9. The maximum atomic E-state index is 13.7. The highest BCUT2D eigenvalue weighted by Crippen LogP contribution is 2.36. The van der Waals surface area contributed by atoms with E-state index in [-0.39, 0.29) is 40.7 Å². The van der Waals surface area contributed by atoms with Crippen LogP contribution in [0.15, 0.2) is 36.4 Å². The molecular formula is C18H13Cl2FN2O3. The summed E-state index contributed by atoms with van der Waals surface area (Å²) in [6.45, 7) is 0.110. The van der Waals surface area contributed by atoms with Crippen molar-refractivity contribution in [2.45, 2.75) is 6.42 Å². The first-order chi connectivity index (χ1) is 12.4. The van der Waals surface area contributed by atoms with E-state index in [0.717, 1.165) is 0 Å². The first-order valence-electron chi connectivity index (χ1n) is 7.64. The number of nitrogens with one attached hydrogen (secondary N) is 2. The largest absolute Gasteiger partial charge is 0.477 e. The van der Waals surface area contributed by atoms with Crippen molar-refractivity contribution in [3.8, 4) is 0 Å². The standard InChI is InChI=1S/C18H13Cl2FN2O3/c19-9-7-11(20)15-13(8-9)23-17(18(25)26)16(15)22-6-5-14(24)10-3-1-2-4-12(10)21/h1-4,7-8,22-23H,5-6H2,(H,25,26). The van der Waals surface area contributed by atoms with Gasteiger partial charge in [-0.3, -0.25) is 4.79 Å². The lowest BCUT2D eigenvalue weighted by atomic mass is 10.1. The molecule has 0 unspecified atom stereocenters. The third kappa shape index (κ3) is 3.52. The smallest absolute Gasteiger partial charge is 0.354 e. The van der Waals surface area contributed by atoms with Crippen molar-refractivity contribution in [2.75, 3.05) is 11.9 Å². The SMILES string of the molecule is O=C(CCNc1c(C(=O)O)[nH]c2cc(Cl)cc(Cl)c12)c1ccccc1F. The molecule has 0 aliphatic carbocycles. The first kappa shape index (κ1) is 18.2. The minimum absolute atomic E-state index is 0.00324. The Morgan fingerprint density at radius 1 is 1.19 bits per heavy atom. The molecule has 0 saturated heterocycles. The van der Waals surface area contributed by atoms with E-state index in [1.54, 1.807) is 12.1 Å². The predicted molar refractivity (Wildman–Crippen MR) is 99.1 cm³/mol. The second-order valence-electron chi connectivity index (χ2n) is 5.57. The number of carboxylic acid groups (broad SMARTS) is 1. The van der Waals surface area contributed by atoms with E-state index < -0.39 is 11.8 Å². The fraction of sp³-hybridized carbons (Fsp3) is 0.111. The molecule has 3 aromatic rings. The Hall–Kier alpha value is -2.57. The van der Waals surface area contributed by atoms with Crippen molar-refractivity contribution in [2.24, 2.45) is 0 Å². The zero-order valence-corrected chi connectivity index (χ0v) is 14.8. The average molecular weight is 395 g/mol. The van der Waals surface area contributed by atoms with Gasteiger partial charge in [0.2, 0.25) is 0 Å². The van der Waals surface area contributed by atoms with Gasteiger partial charge >= 0.3 is 5.97 Å². The first-order valence-corrected chi connectivity index (χ1v) is 8.39. The summed E-state index contributed by atoms with van der Waals surface area (Å²) in [6, 6.07) is 8.76. The molecule has 26 heavy (non-hydrogen) atoms. The molecule has 1 aromatic heterocycles. The van der Waals surface area contributed by atoms with Gasteiger partial charge in [0.25, 0.3) is 0 Å². The molecule has 0 atom stereocenters. The average Bonchev–Trinajstić information content (AvgIpc) is 2.94. The van der Waals surface area contributed by atoms with Crippen molar-refractivity contribution in [3.63, 3.8) is 0 Å². The minimum atomic E-state index is -1.18. The fourth-order valence-electron chi connectivity index (χ4n) is 2.71. The van der Waals surface area contributed by atoms with Crippen LogP contribution in [0.5, 0.6) is 0 Å². The number of ketones is 1. The van der Waals surface area contributed by atoms with Gasteiger partial charge in [-0.1, -0.05) is 35.3 Å². The Morgan fingerprint density at radius 2 is 1.92 bits per heavy atom. The molecular weight excluding hydrogens is 382 g/mol. The lowest BCUT2D eigenvalue weighted by Crippen LogP contribution is -2.12. The maximum Gasteiger partial charge on any atom is 0.354 e. The molecule has 134 valence electrons. The molecule has 0 radical (unpaired) electrons. The number of H-pyrrole nitrogens is 1. The summed E-state index contributed by atoms with van der Waals surface area (Å²) in [6.07, 6.45) is -0.0160. The number of hydrogen-bond acceptors (Lipinski definition) is 3. The summed E-state index contributed by atoms with van der Waals surface area (Å²) in [7, 11) is 0. The van der Waals surface area contributed by atoms with Crippen molar-refractivity contribution >= 4 is 51.5 Å². The Bertz CT molecular complexity index is 1020. The van der Waals surface area contributed by atoms with Crippen LogP contribution < -0.4 is 5.32 Å². The van der Waals surface area contributed by atoms with Gasteiger partial charge in [0.05, 0.1) is 21.8 Å². The number of halogens is 3.